The van der Waals surface area contributed by atoms with Crippen molar-refractivity contribution in [2.45, 2.75) is 58.8 Å². The quantitative estimate of drug-likeness (QED) is 0.177. The third-order valence-electron chi connectivity index (χ3n) is 10.5. The Labute approximate surface area is 286 Å². The van der Waals surface area contributed by atoms with Crippen molar-refractivity contribution in [1.29, 1.82) is 0 Å². The predicted molar refractivity (Wildman–Crippen MR) is 204 cm³/mol. The van der Waals surface area contributed by atoms with Crippen LogP contribution < -0.4 is 26.0 Å². The molecular formula is C45H42BNO. The zero-order chi connectivity index (χ0) is 33.2. The van der Waals surface area contributed by atoms with Crippen LogP contribution in [-0.4, -0.2) is 6.71 Å². The van der Waals surface area contributed by atoms with Gasteiger partial charge < -0.3 is 9.64 Å². The highest BCUT2D eigenvalue weighted by molar-refractivity contribution is 6.97. The lowest BCUT2D eigenvalue weighted by Gasteiger charge is -2.42. The molecule has 0 aromatic heterocycles. The molecule has 0 amide bonds. The fourth-order valence-electron chi connectivity index (χ4n) is 8.13. The highest BCUT2D eigenvalue weighted by Gasteiger charge is 2.39. The number of rotatable bonds is 5. The fraction of sp³-hybridized carbons (Fsp3) is 0.200. The molecule has 8 rings (SSSR count). The Morgan fingerprint density at radius 3 is 1.71 bits per heavy atom. The van der Waals surface area contributed by atoms with Crippen LogP contribution in [0.5, 0.6) is 11.5 Å². The Morgan fingerprint density at radius 1 is 0.542 bits per heavy atom. The molecule has 0 saturated carbocycles. The van der Waals surface area contributed by atoms with E-state index in [1.54, 1.807) is 0 Å². The van der Waals surface area contributed by atoms with Crippen molar-refractivity contribution in [1.82, 2.24) is 0 Å². The number of benzene rings is 6. The Balaban J connectivity index is 1.34. The van der Waals surface area contributed by atoms with Gasteiger partial charge >= 0.3 is 0 Å². The number of hydrogen-bond acceptors (Lipinski definition) is 2. The Morgan fingerprint density at radius 2 is 1.08 bits per heavy atom. The molecule has 2 nitrogen and oxygen atoms in total. The minimum atomic E-state index is -0.106. The smallest absolute Gasteiger partial charge is 0.251 e. The molecule has 2 heterocycles. The van der Waals surface area contributed by atoms with Crippen LogP contribution in [0.25, 0.3) is 11.1 Å². The maximum atomic E-state index is 6.84. The summed E-state index contributed by atoms with van der Waals surface area (Å²) in [6.07, 6.45) is 0. The largest absolute Gasteiger partial charge is 0.458 e. The molecule has 6 aromatic carbocycles. The molecule has 0 aliphatic carbocycles. The second-order valence-electron chi connectivity index (χ2n) is 14.5. The summed E-state index contributed by atoms with van der Waals surface area (Å²) in [6.45, 7) is 14.1. The first-order valence-corrected chi connectivity index (χ1v) is 17.4. The number of nitrogens with zero attached hydrogens (tertiary/aromatic N) is 1. The first-order chi connectivity index (χ1) is 23.2. The van der Waals surface area contributed by atoms with E-state index >= 15 is 0 Å². The lowest BCUT2D eigenvalue weighted by molar-refractivity contribution is 0.487. The maximum absolute atomic E-state index is 6.84. The molecule has 48 heavy (non-hydrogen) atoms. The summed E-state index contributed by atoms with van der Waals surface area (Å²) in [5, 5.41) is 0. The summed E-state index contributed by atoms with van der Waals surface area (Å²) in [5.74, 6) is 2.56. The molecule has 0 fully saturated rings. The molecule has 0 bridgehead atoms. The van der Waals surface area contributed by atoms with E-state index in [-0.39, 0.29) is 12.1 Å². The van der Waals surface area contributed by atoms with E-state index in [4.69, 9.17) is 4.74 Å². The van der Waals surface area contributed by atoms with Gasteiger partial charge in [0.1, 0.15) is 11.5 Å². The van der Waals surface area contributed by atoms with Gasteiger partial charge in [-0.15, -0.1) is 0 Å². The van der Waals surface area contributed by atoms with Crippen LogP contribution in [0.4, 0.5) is 17.1 Å². The summed E-state index contributed by atoms with van der Waals surface area (Å²) < 4.78 is 6.84. The molecule has 0 saturated heterocycles. The van der Waals surface area contributed by atoms with E-state index in [9.17, 15) is 0 Å². The van der Waals surface area contributed by atoms with Crippen LogP contribution in [0.15, 0.2) is 133 Å². The molecule has 0 unspecified atom stereocenters. The van der Waals surface area contributed by atoms with Gasteiger partial charge in [-0.05, 0) is 80.4 Å². The SMILES string of the molecule is CC(C)c1cc(-c2ccccc2)cc(C(C)C)c1B1c2ccccc2Oc2cc(N3c4ccccc4C(C)(C)c4ccccc43)ccc21. The molecular weight excluding hydrogens is 581 g/mol. The molecule has 0 N–H and O–H groups in total. The van der Waals surface area contributed by atoms with Gasteiger partial charge in [0.2, 0.25) is 0 Å². The third-order valence-corrected chi connectivity index (χ3v) is 10.5. The van der Waals surface area contributed by atoms with E-state index in [1.165, 1.54) is 61.1 Å². The zero-order valence-electron chi connectivity index (χ0n) is 28.8. The Kier molecular flexibility index (Phi) is 7.33. The third kappa shape index (κ3) is 4.79. The van der Waals surface area contributed by atoms with Crippen molar-refractivity contribution in [3.8, 4) is 22.6 Å². The van der Waals surface area contributed by atoms with Gasteiger partial charge in [-0.3, -0.25) is 0 Å². The van der Waals surface area contributed by atoms with Gasteiger partial charge in [-0.25, -0.2) is 0 Å². The second kappa shape index (κ2) is 11.6. The monoisotopic (exact) mass is 623 g/mol. The average Bonchev–Trinajstić information content (AvgIpc) is 3.10. The number of para-hydroxylation sites is 3. The van der Waals surface area contributed by atoms with Crippen LogP contribution in [0.3, 0.4) is 0 Å². The summed E-state index contributed by atoms with van der Waals surface area (Å²) in [5.41, 5.74) is 15.3. The lowest BCUT2D eigenvalue weighted by Crippen LogP contribution is -2.57. The van der Waals surface area contributed by atoms with Crippen LogP contribution >= 0.6 is 0 Å². The number of ether oxygens (including phenoxy) is 1. The fourth-order valence-corrected chi connectivity index (χ4v) is 8.13. The standard InChI is InChI=1S/C45H42BNO/c1-29(2)34-26-32(31-16-8-7-9-17-31)27-35(30(3)4)44(34)46-38-20-12-15-23-42(38)48-43-28-33(24-25-39(43)46)47-40-21-13-10-18-36(40)45(5,6)37-19-11-14-22-41(37)47/h7-30H,1-6H3. The topological polar surface area (TPSA) is 12.5 Å². The molecule has 6 aromatic rings. The van der Waals surface area contributed by atoms with E-state index in [0.717, 1.165) is 17.2 Å². The van der Waals surface area contributed by atoms with Crippen molar-refractivity contribution in [3.63, 3.8) is 0 Å². The van der Waals surface area contributed by atoms with Crippen molar-refractivity contribution in [2.75, 3.05) is 4.90 Å². The second-order valence-corrected chi connectivity index (χ2v) is 14.5. The average molecular weight is 624 g/mol. The van der Waals surface area contributed by atoms with Gasteiger partial charge in [0.05, 0.1) is 11.4 Å². The molecule has 0 spiro atoms. The molecule has 236 valence electrons. The van der Waals surface area contributed by atoms with Gasteiger partial charge in [-0.2, -0.15) is 0 Å². The first-order valence-electron chi connectivity index (χ1n) is 17.4. The van der Waals surface area contributed by atoms with Crippen molar-refractivity contribution < 1.29 is 4.74 Å². The first kappa shape index (κ1) is 30.3. The summed E-state index contributed by atoms with van der Waals surface area (Å²) in [4.78, 5) is 2.42. The van der Waals surface area contributed by atoms with E-state index in [0.29, 0.717) is 11.8 Å². The van der Waals surface area contributed by atoms with Crippen molar-refractivity contribution in [2.24, 2.45) is 0 Å². The minimum absolute atomic E-state index is 0.0542. The van der Waals surface area contributed by atoms with E-state index in [2.05, 4.69) is 180 Å². The molecule has 0 atom stereocenters. The molecule has 2 aliphatic rings. The van der Waals surface area contributed by atoms with Crippen LogP contribution in [0, 0.1) is 0 Å². The van der Waals surface area contributed by atoms with Crippen LogP contribution in [-0.2, 0) is 5.41 Å². The van der Waals surface area contributed by atoms with Crippen molar-refractivity contribution >= 4 is 40.2 Å². The normalized spacial score (nSPS) is 14.2. The zero-order valence-corrected chi connectivity index (χ0v) is 28.8. The summed E-state index contributed by atoms with van der Waals surface area (Å²) in [6, 6.07) is 48.9. The lowest BCUT2D eigenvalue weighted by atomic mass is 9.34. The number of hydrogen-bond donors (Lipinski definition) is 0. The molecule has 0 radical (unpaired) electrons. The van der Waals surface area contributed by atoms with Gasteiger partial charge in [0, 0.05) is 17.2 Å². The maximum Gasteiger partial charge on any atom is 0.251 e. The van der Waals surface area contributed by atoms with Gasteiger partial charge in [0.15, 0.2) is 0 Å². The highest BCUT2D eigenvalue weighted by Crippen LogP contribution is 2.52. The number of anilines is 3. The highest BCUT2D eigenvalue weighted by atomic mass is 16.5. The summed E-state index contributed by atoms with van der Waals surface area (Å²) in [7, 11) is 0. The van der Waals surface area contributed by atoms with Gasteiger partial charge in [0.25, 0.3) is 6.71 Å². The Bertz CT molecular complexity index is 2080. The summed E-state index contributed by atoms with van der Waals surface area (Å²) >= 11 is 0. The van der Waals surface area contributed by atoms with Gasteiger partial charge in [-0.1, -0.05) is 150 Å². The van der Waals surface area contributed by atoms with Crippen LogP contribution in [0.1, 0.15) is 75.6 Å². The van der Waals surface area contributed by atoms with Crippen molar-refractivity contribution in [3.05, 3.63) is 156 Å². The molecule has 2 aliphatic heterocycles. The minimum Gasteiger partial charge on any atom is -0.458 e. The molecule has 3 heteroatoms. The van der Waals surface area contributed by atoms with E-state index in [1.807, 2.05) is 0 Å². The Hall–Kier alpha value is -5.02. The number of fused-ring (bicyclic) bond motifs is 4. The van der Waals surface area contributed by atoms with E-state index < -0.39 is 0 Å². The predicted octanol–water partition coefficient (Wildman–Crippen LogP) is 10.3. The van der Waals surface area contributed by atoms with Crippen LogP contribution in [0.2, 0.25) is 0 Å².